The van der Waals surface area contributed by atoms with Gasteiger partial charge in [0.1, 0.15) is 5.69 Å². The van der Waals surface area contributed by atoms with Gasteiger partial charge in [-0.1, -0.05) is 18.2 Å². The van der Waals surface area contributed by atoms with Crippen molar-refractivity contribution in [3.05, 3.63) is 65.0 Å². The molecule has 0 radical (unpaired) electrons. The van der Waals surface area contributed by atoms with Crippen molar-refractivity contribution in [3.8, 4) is 22.4 Å². The van der Waals surface area contributed by atoms with Gasteiger partial charge in [0.05, 0.1) is 6.20 Å². The molecule has 2 aromatic heterocycles. The van der Waals surface area contributed by atoms with E-state index >= 15 is 0 Å². The Morgan fingerprint density at radius 3 is 2.68 bits per heavy atom. The highest BCUT2D eigenvalue weighted by molar-refractivity contribution is 5.71. The number of hydrogen-bond acceptors (Lipinski definition) is 5. The molecule has 0 aliphatic heterocycles. The van der Waals surface area contributed by atoms with Crippen LogP contribution in [0.4, 0.5) is 10.3 Å². The minimum Gasteiger partial charge on any atom is -0.351 e. The Morgan fingerprint density at radius 1 is 1.11 bits per heavy atom. The molecule has 28 heavy (non-hydrogen) atoms. The van der Waals surface area contributed by atoms with Crippen molar-refractivity contribution in [2.75, 3.05) is 5.32 Å². The summed E-state index contributed by atoms with van der Waals surface area (Å²) in [5.74, 6) is -0.102. The summed E-state index contributed by atoms with van der Waals surface area (Å²) in [6.07, 6.45) is 6.57. The molecule has 1 aromatic carbocycles. The van der Waals surface area contributed by atoms with Gasteiger partial charge >= 0.3 is 0 Å². The number of H-pyrrole nitrogens is 1. The van der Waals surface area contributed by atoms with Crippen LogP contribution in [0, 0.1) is 5.82 Å². The lowest BCUT2D eigenvalue weighted by molar-refractivity contribution is 0.409. The van der Waals surface area contributed by atoms with Crippen LogP contribution in [0.1, 0.15) is 25.7 Å². The highest BCUT2D eigenvalue weighted by Gasteiger charge is 2.20. The number of anilines is 1. The van der Waals surface area contributed by atoms with Gasteiger partial charge in [0.15, 0.2) is 5.82 Å². The van der Waals surface area contributed by atoms with Gasteiger partial charge in [-0.25, -0.2) is 14.4 Å². The zero-order valence-corrected chi connectivity index (χ0v) is 15.4. The first-order chi connectivity index (χ1) is 13.6. The lowest BCUT2D eigenvalue weighted by Crippen LogP contribution is -2.33. The minimum absolute atomic E-state index is 0.194. The molecular formula is C21H22FN5O. The van der Waals surface area contributed by atoms with Crippen LogP contribution >= 0.6 is 0 Å². The van der Waals surface area contributed by atoms with Gasteiger partial charge in [0.25, 0.3) is 5.56 Å². The Labute approximate surface area is 162 Å². The third-order valence-electron chi connectivity index (χ3n) is 5.11. The first kappa shape index (κ1) is 18.3. The predicted molar refractivity (Wildman–Crippen MR) is 107 cm³/mol. The Balaban J connectivity index is 1.63. The second-order valence-electron chi connectivity index (χ2n) is 7.14. The Morgan fingerprint density at radius 2 is 1.89 bits per heavy atom. The van der Waals surface area contributed by atoms with Gasteiger partial charge in [-0.15, -0.1) is 0 Å². The highest BCUT2D eigenvalue weighted by atomic mass is 19.1. The number of aromatic amines is 1. The summed E-state index contributed by atoms with van der Waals surface area (Å²) in [7, 11) is 0. The van der Waals surface area contributed by atoms with E-state index in [1.807, 2.05) is 6.07 Å². The molecule has 0 unspecified atom stereocenters. The number of hydrogen-bond donors (Lipinski definition) is 3. The quantitative estimate of drug-likeness (QED) is 0.646. The van der Waals surface area contributed by atoms with Gasteiger partial charge in [-0.2, -0.15) is 0 Å². The maximum absolute atomic E-state index is 14.5. The van der Waals surface area contributed by atoms with E-state index in [1.165, 1.54) is 6.20 Å². The average molecular weight is 379 g/mol. The molecule has 1 saturated carbocycles. The molecule has 1 fully saturated rings. The summed E-state index contributed by atoms with van der Waals surface area (Å²) in [6, 6.07) is 11.1. The second-order valence-corrected chi connectivity index (χ2v) is 7.14. The number of halogens is 1. The maximum Gasteiger partial charge on any atom is 0.255 e. The van der Waals surface area contributed by atoms with Crippen LogP contribution in [0.3, 0.4) is 0 Å². The number of nitrogens with one attached hydrogen (secondary N) is 2. The molecule has 1 aliphatic rings. The highest BCUT2D eigenvalue weighted by Crippen LogP contribution is 2.27. The lowest BCUT2D eigenvalue weighted by atomic mass is 9.92. The molecule has 7 heteroatoms. The first-order valence-electron chi connectivity index (χ1n) is 9.43. The minimum atomic E-state index is -0.504. The third-order valence-corrected chi connectivity index (χ3v) is 5.11. The van der Waals surface area contributed by atoms with E-state index in [-0.39, 0.29) is 23.3 Å². The predicted octanol–water partition coefficient (Wildman–Crippen LogP) is 3.32. The van der Waals surface area contributed by atoms with Crippen LogP contribution in [0.5, 0.6) is 0 Å². The molecule has 0 bridgehead atoms. The lowest BCUT2D eigenvalue weighted by Gasteiger charge is -2.26. The normalized spacial score (nSPS) is 19.4. The van der Waals surface area contributed by atoms with Crippen LogP contribution in [0.2, 0.25) is 0 Å². The molecule has 2 heterocycles. The number of pyridine rings is 1. The number of benzene rings is 1. The summed E-state index contributed by atoms with van der Waals surface area (Å²) < 4.78 is 14.5. The van der Waals surface area contributed by atoms with E-state index in [0.717, 1.165) is 25.7 Å². The van der Waals surface area contributed by atoms with E-state index < -0.39 is 5.82 Å². The maximum atomic E-state index is 14.5. The first-order valence-corrected chi connectivity index (χ1v) is 9.43. The molecule has 4 N–H and O–H groups in total. The molecule has 144 valence electrons. The van der Waals surface area contributed by atoms with E-state index in [0.29, 0.717) is 22.6 Å². The van der Waals surface area contributed by atoms with Crippen molar-refractivity contribution in [1.29, 1.82) is 0 Å². The second kappa shape index (κ2) is 7.90. The zero-order chi connectivity index (χ0) is 19.5. The van der Waals surface area contributed by atoms with Gasteiger partial charge in [-0.05, 0) is 49.4 Å². The SMILES string of the molecule is NC1CCC(Nc2ncc(F)c(-c3cccc(-c4ccc[nH]c4=O)c3)n2)CC1. The van der Waals surface area contributed by atoms with Crippen LogP contribution in [-0.4, -0.2) is 27.0 Å². The summed E-state index contributed by atoms with van der Waals surface area (Å²) >= 11 is 0. The Kier molecular flexibility index (Phi) is 5.16. The van der Waals surface area contributed by atoms with Crippen molar-refractivity contribution in [3.63, 3.8) is 0 Å². The standard InChI is InChI=1S/C21H22FN5O/c22-18-12-25-21(26-16-8-6-15(23)7-9-16)27-19(18)14-4-1-3-13(11-14)17-5-2-10-24-20(17)28/h1-5,10-12,15-16H,6-9,23H2,(H,24,28)(H,25,26,27). The van der Waals surface area contributed by atoms with Crippen molar-refractivity contribution in [1.82, 2.24) is 15.0 Å². The van der Waals surface area contributed by atoms with E-state index in [9.17, 15) is 9.18 Å². The fourth-order valence-corrected chi connectivity index (χ4v) is 3.57. The van der Waals surface area contributed by atoms with Crippen molar-refractivity contribution in [2.45, 2.75) is 37.8 Å². The molecule has 0 amide bonds. The van der Waals surface area contributed by atoms with Crippen LogP contribution in [0.15, 0.2) is 53.6 Å². The van der Waals surface area contributed by atoms with Gasteiger partial charge in [0, 0.05) is 29.4 Å². The Bertz CT molecular complexity index is 1030. The Hall–Kier alpha value is -3.06. The van der Waals surface area contributed by atoms with E-state index in [2.05, 4.69) is 20.3 Å². The number of nitrogens with two attached hydrogens (primary N) is 1. The smallest absolute Gasteiger partial charge is 0.255 e. The zero-order valence-electron chi connectivity index (χ0n) is 15.4. The topological polar surface area (TPSA) is 96.7 Å². The molecule has 1 aliphatic carbocycles. The van der Waals surface area contributed by atoms with Gasteiger partial charge in [-0.3, -0.25) is 4.79 Å². The number of aromatic nitrogens is 3. The molecule has 0 atom stereocenters. The third kappa shape index (κ3) is 3.94. The average Bonchev–Trinajstić information content (AvgIpc) is 2.71. The molecular weight excluding hydrogens is 357 g/mol. The van der Waals surface area contributed by atoms with Gasteiger partial charge < -0.3 is 16.0 Å². The van der Waals surface area contributed by atoms with Crippen LogP contribution < -0.4 is 16.6 Å². The molecule has 3 aromatic rings. The van der Waals surface area contributed by atoms with Crippen molar-refractivity contribution >= 4 is 5.95 Å². The molecule has 0 saturated heterocycles. The van der Waals surface area contributed by atoms with Crippen molar-refractivity contribution in [2.24, 2.45) is 5.73 Å². The largest absolute Gasteiger partial charge is 0.351 e. The summed E-state index contributed by atoms with van der Waals surface area (Å²) in [6.45, 7) is 0. The number of rotatable bonds is 4. The summed E-state index contributed by atoms with van der Waals surface area (Å²) in [4.78, 5) is 23.2. The fraction of sp³-hybridized carbons (Fsp3) is 0.286. The molecule has 6 nitrogen and oxygen atoms in total. The van der Waals surface area contributed by atoms with E-state index in [4.69, 9.17) is 5.73 Å². The van der Waals surface area contributed by atoms with E-state index in [1.54, 1.807) is 36.5 Å². The van der Waals surface area contributed by atoms with Crippen LogP contribution in [-0.2, 0) is 0 Å². The fourth-order valence-electron chi connectivity index (χ4n) is 3.57. The monoisotopic (exact) mass is 379 g/mol. The molecule has 0 spiro atoms. The molecule has 4 rings (SSSR count). The number of nitrogens with zero attached hydrogens (tertiary/aromatic N) is 2. The van der Waals surface area contributed by atoms with Crippen LogP contribution in [0.25, 0.3) is 22.4 Å². The van der Waals surface area contributed by atoms with Gasteiger partial charge in [0.2, 0.25) is 5.95 Å². The summed E-state index contributed by atoms with van der Waals surface area (Å²) in [5, 5.41) is 3.29. The van der Waals surface area contributed by atoms with Crippen molar-refractivity contribution < 1.29 is 4.39 Å². The summed E-state index contributed by atoms with van der Waals surface area (Å²) in [5.41, 5.74) is 7.78.